The minimum absolute atomic E-state index is 0.126. The van der Waals surface area contributed by atoms with Crippen molar-refractivity contribution in [2.24, 2.45) is 5.92 Å². The highest BCUT2D eigenvalue weighted by atomic mass is 32.1. The Hall–Kier alpha value is -3.06. The number of nitrogens with one attached hydrogen (secondary N) is 1. The van der Waals surface area contributed by atoms with Gasteiger partial charge in [-0.05, 0) is 30.7 Å². The second-order valence-corrected chi connectivity index (χ2v) is 7.97. The SMILES string of the molecule is CCc1sc(NC(=O)[C@H]2CC(=O)N(c3ccc(F)cc3)C2)nc1-c1ccccc1. The molecular formula is C22H20FN3O2S. The summed E-state index contributed by atoms with van der Waals surface area (Å²) in [5.41, 5.74) is 2.49. The van der Waals surface area contributed by atoms with Gasteiger partial charge >= 0.3 is 0 Å². The summed E-state index contributed by atoms with van der Waals surface area (Å²) in [5.74, 6) is -1.20. The zero-order valence-corrected chi connectivity index (χ0v) is 16.7. The number of carbonyl (C=O) groups is 2. The van der Waals surface area contributed by atoms with Crippen LogP contribution in [0.1, 0.15) is 18.2 Å². The highest BCUT2D eigenvalue weighted by Gasteiger charge is 2.35. The number of carbonyl (C=O) groups excluding carboxylic acids is 2. The average molecular weight is 409 g/mol. The third-order valence-electron chi connectivity index (χ3n) is 4.93. The van der Waals surface area contributed by atoms with Crippen LogP contribution in [0.2, 0.25) is 0 Å². The molecule has 1 fully saturated rings. The van der Waals surface area contributed by atoms with E-state index in [1.54, 1.807) is 12.1 Å². The maximum absolute atomic E-state index is 13.1. The quantitative estimate of drug-likeness (QED) is 0.675. The third-order valence-corrected chi connectivity index (χ3v) is 6.05. The molecule has 29 heavy (non-hydrogen) atoms. The van der Waals surface area contributed by atoms with Gasteiger partial charge in [0.05, 0.1) is 11.6 Å². The van der Waals surface area contributed by atoms with Gasteiger partial charge in [0.1, 0.15) is 5.82 Å². The molecule has 2 amide bonds. The van der Waals surface area contributed by atoms with Crippen molar-refractivity contribution >= 4 is 34.0 Å². The van der Waals surface area contributed by atoms with Gasteiger partial charge < -0.3 is 10.2 Å². The number of thiazole rings is 1. The van der Waals surface area contributed by atoms with Crippen molar-refractivity contribution in [3.8, 4) is 11.3 Å². The van der Waals surface area contributed by atoms with Gasteiger partial charge in [-0.25, -0.2) is 9.37 Å². The summed E-state index contributed by atoms with van der Waals surface area (Å²) in [5, 5.41) is 3.42. The van der Waals surface area contributed by atoms with Crippen LogP contribution in [-0.4, -0.2) is 23.3 Å². The van der Waals surface area contributed by atoms with Crippen LogP contribution in [0.4, 0.5) is 15.2 Å². The number of aromatic nitrogens is 1. The van der Waals surface area contributed by atoms with Gasteiger partial charge in [0.15, 0.2) is 5.13 Å². The van der Waals surface area contributed by atoms with E-state index in [0.29, 0.717) is 10.8 Å². The first-order chi connectivity index (χ1) is 14.0. The zero-order valence-electron chi connectivity index (χ0n) is 15.9. The second kappa shape index (κ2) is 8.13. The van der Waals surface area contributed by atoms with Gasteiger partial charge in [-0.15, -0.1) is 11.3 Å². The molecule has 7 heteroatoms. The Kier molecular flexibility index (Phi) is 5.40. The Balaban J connectivity index is 1.48. The highest BCUT2D eigenvalue weighted by Crippen LogP contribution is 2.32. The number of hydrogen-bond acceptors (Lipinski definition) is 4. The Morgan fingerprint density at radius 2 is 1.93 bits per heavy atom. The van der Waals surface area contributed by atoms with E-state index >= 15 is 0 Å². The van der Waals surface area contributed by atoms with E-state index in [-0.39, 0.29) is 30.6 Å². The summed E-state index contributed by atoms with van der Waals surface area (Å²) >= 11 is 1.46. The molecule has 2 aromatic carbocycles. The molecule has 1 N–H and O–H groups in total. The maximum Gasteiger partial charge on any atom is 0.231 e. The van der Waals surface area contributed by atoms with E-state index < -0.39 is 5.92 Å². The standard InChI is InChI=1S/C22H20FN3O2S/c1-2-18-20(14-6-4-3-5-7-14)24-22(29-18)25-21(28)15-12-19(27)26(13-15)17-10-8-16(23)9-11-17/h3-11,15H,2,12-13H2,1H3,(H,24,25,28)/t15-/m0/s1. The lowest BCUT2D eigenvalue weighted by atomic mass is 10.1. The first-order valence-corrected chi connectivity index (χ1v) is 10.3. The summed E-state index contributed by atoms with van der Waals surface area (Å²) in [7, 11) is 0. The van der Waals surface area contributed by atoms with E-state index in [4.69, 9.17) is 0 Å². The van der Waals surface area contributed by atoms with E-state index in [9.17, 15) is 14.0 Å². The molecule has 5 nitrogen and oxygen atoms in total. The smallest absolute Gasteiger partial charge is 0.231 e. The minimum Gasteiger partial charge on any atom is -0.312 e. The second-order valence-electron chi connectivity index (χ2n) is 6.88. The van der Waals surface area contributed by atoms with Crippen LogP contribution in [0, 0.1) is 11.7 Å². The number of aryl methyl sites for hydroxylation is 1. The fraction of sp³-hybridized carbons (Fsp3) is 0.227. The number of hydrogen-bond donors (Lipinski definition) is 1. The van der Waals surface area contributed by atoms with Gasteiger partial charge in [-0.1, -0.05) is 37.3 Å². The average Bonchev–Trinajstić information content (AvgIpc) is 3.33. The number of halogens is 1. The van der Waals surface area contributed by atoms with Crippen molar-refractivity contribution in [1.82, 2.24) is 4.98 Å². The van der Waals surface area contributed by atoms with Crippen molar-refractivity contribution in [2.75, 3.05) is 16.8 Å². The lowest BCUT2D eigenvalue weighted by Gasteiger charge is -2.16. The van der Waals surface area contributed by atoms with E-state index in [0.717, 1.165) is 22.6 Å². The minimum atomic E-state index is -0.471. The predicted molar refractivity (Wildman–Crippen MR) is 112 cm³/mol. The first-order valence-electron chi connectivity index (χ1n) is 9.47. The number of nitrogens with zero attached hydrogens (tertiary/aromatic N) is 2. The molecule has 0 saturated carbocycles. The van der Waals surface area contributed by atoms with Gasteiger partial charge in [0.25, 0.3) is 0 Å². The van der Waals surface area contributed by atoms with Crippen LogP contribution in [0.5, 0.6) is 0 Å². The number of benzene rings is 2. The molecule has 1 aliphatic rings. The molecular weight excluding hydrogens is 389 g/mol. The Morgan fingerprint density at radius 3 is 2.62 bits per heavy atom. The van der Waals surface area contributed by atoms with E-state index in [1.807, 2.05) is 30.3 Å². The molecule has 3 aromatic rings. The van der Waals surface area contributed by atoms with E-state index in [2.05, 4.69) is 17.2 Å². The van der Waals surface area contributed by atoms with Crippen LogP contribution < -0.4 is 10.2 Å². The van der Waals surface area contributed by atoms with Crippen molar-refractivity contribution < 1.29 is 14.0 Å². The van der Waals surface area contributed by atoms with Crippen LogP contribution in [0.25, 0.3) is 11.3 Å². The molecule has 0 aliphatic carbocycles. The Labute approximate surface area is 172 Å². The molecule has 148 valence electrons. The summed E-state index contributed by atoms with van der Waals surface area (Å²) in [6.07, 6.45) is 0.943. The topological polar surface area (TPSA) is 62.3 Å². The highest BCUT2D eigenvalue weighted by molar-refractivity contribution is 7.16. The number of amides is 2. The number of rotatable bonds is 5. The van der Waals surface area contributed by atoms with Crippen LogP contribution in [-0.2, 0) is 16.0 Å². The first kappa shape index (κ1) is 19.3. The van der Waals surface area contributed by atoms with Gasteiger partial charge in [0, 0.05) is 29.1 Å². The number of anilines is 2. The Morgan fingerprint density at radius 1 is 1.21 bits per heavy atom. The third kappa shape index (κ3) is 4.05. The summed E-state index contributed by atoms with van der Waals surface area (Å²) in [6.45, 7) is 2.33. The van der Waals surface area contributed by atoms with Crippen molar-refractivity contribution in [1.29, 1.82) is 0 Å². The van der Waals surface area contributed by atoms with Crippen molar-refractivity contribution in [3.63, 3.8) is 0 Å². The molecule has 0 unspecified atom stereocenters. The molecule has 4 rings (SSSR count). The zero-order chi connectivity index (χ0) is 20.4. The summed E-state index contributed by atoms with van der Waals surface area (Å²) < 4.78 is 13.1. The van der Waals surface area contributed by atoms with Crippen molar-refractivity contribution in [2.45, 2.75) is 19.8 Å². The molecule has 0 bridgehead atoms. The molecule has 0 radical (unpaired) electrons. The van der Waals surface area contributed by atoms with Crippen LogP contribution >= 0.6 is 11.3 Å². The monoisotopic (exact) mass is 409 g/mol. The van der Waals surface area contributed by atoms with Crippen LogP contribution in [0.3, 0.4) is 0 Å². The van der Waals surface area contributed by atoms with Gasteiger partial charge in [0.2, 0.25) is 11.8 Å². The fourth-order valence-corrected chi connectivity index (χ4v) is 4.35. The Bertz CT molecular complexity index is 1030. The van der Waals surface area contributed by atoms with Crippen LogP contribution in [0.15, 0.2) is 54.6 Å². The molecule has 1 saturated heterocycles. The predicted octanol–water partition coefficient (Wildman–Crippen LogP) is 4.50. The fourth-order valence-electron chi connectivity index (χ4n) is 3.43. The normalized spacial score (nSPS) is 16.3. The molecule has 0 spiro atoms. The lowest BCUT2D eigenvalue weighted by Crippen LogP contribution is -2.28. The molecule has 1 aromatic heterocycles. The summed E-state index contributed by atoms with van der Waals surface area (Å²) in [6, 6.07) is 15.6. The lowest BCUT2D eigenvalue weighted by molar-refractivity contribution is -0.122. The maximum atomic E-state index is 13.1. The summed E-state index contributed by atoms with van der Waals surface area (Å²) in [4.78, 5) is 32.3. The molecule has 1 atom stereocenters. The van der Waals surface area contributed by atoms with Crippen molar-refractivity contribution in [3.05, 3.63) is 65.3 Å². The van der Waals surface area contributed by atoms with Gasteiger partial charge in [-0.3, -0.25) is 9.59 Å². The van der Waals surface area contributed by atoms with E-state index in [1.165, 1.54) is 28.4 Å². The largest absolute Gasteiger partial charge is 0.312 e. The van der Waals surface area contributed by atoms with Gasteiger partial charge in [-0.2, -0.15) is 0 Å². The molecule has 1 aliphatic heterocycles. The molecule has 2 heterocycles.